The predicted molar refractivity (Wildman–Crippen MR) is 90.3 cm³/mol. The first-order valence-electron chi connectivity index (χ1n) is 8.38. The molecule has 122 valence electrons. The van der Waals surface area contributed by atoms with E-state index in [1.165, 1.54) is 31.4 Å². The standard InChI is InChI=1S/C18H29N3O/c1-14(19)11-18(22)20-12-16-6-8-17(9-7-16)13-21-10-4-3-5-15(21)2/h6-9,14-15H,3-5,10-13,19H2,1-2H3,(H,20,22). The summed E-state index contributed by atoms with van der Waals surface area (Å²) in [5.74, 6) is 0.0150. The smallest absolute Gasteiger partial charge is 0.221 e. The summed E-state index contributed by atoms with van der Waals surface area (Å²) in [6, 6.07) is 9.16. The third kappa shape index (κ3) is 5.43. The van der Waals surface area contributed by atoms with E-state index < -0.39 is 0 Å². The van der Waals surface area contributed by atoms with Crippen molar-refractivity contribution in [1.82, 2.24) is 10.2 Å². The first-order valence-corrected chi connectivity index (χ1v) is 8.38. The van der Waals surface area contributed by atoms with Gasteiger partial charge in [0.1, 0.15) is 0 Å². The van der Waals surface area contributed by atoms with Gasteiger partial charge in [-0.3, -0.25) is 9.69 Å². The van der Waals surface area contributed by atoms with Gasteiger partial charge in [-0.1, -0.05) is 30.7 Å². The largest absolute Gasteiger partial charge is 0.352 e. The van der Waals surface area contributed by atoms with Crippen LogP contribution in [-0.2, 0) is 17.9 Å². The zero-order valence-electron chi connectivity index (χ0n) is 13.8. The number of hydrogen-bond donors (Lipinski definition) is 2. The highest BCUT2D eigenvalue weighted by atomic mass is 16.1. The number of nitrogens with zero attached hydrogens (tertiary/aromatic N) is 1. The third-order valence-electron chi connectivity index (χ3n) is 4.35. The van der Waals surface area contributed by atoms with Gasteiger partial charge in [0, 0.05) is 31.6 Å². The molecule has 0 aromatic heterocycles. The van der Waals surface area contributed by atoms with Gasteiger partial charge < -0.3 is 11.1 Å². The van der Waals surface area contributed by atoms with E-state index in [-0.39, 0.29) is 11.9 Å². The Morgan fingerprint density at radius 1 is 1.32 bits per heavy atom. The van der Waals surface area contributed by atoms with Crippen molar-refractivity contribution in [3.63, 3.8) is 0 Å². The zero-order chi connectivity index (χ0) is 15.9. The van der Waals surface area contributed by atoms with Gasteiger partial charge in [0.05, 0.1) is 0 Å². The summed E-state index contributed by atoms with van der Waals surface area (Å²) in [6.45, 7) is 6.97. The van der Waals surface area contributed by atoms with Crippen LogP contribution in [0, 0.1) is 0 Å². The van der Waals surface area contributed by atoms with E-state index in [0.717, 1.165) is 12.1 Å². The van der Waals surface area contributed by atoms with E-state index in [1.807, 2.05) is 6.92 Å². The molecule has 2 unspecified atom stereocenters. The molecule has 2 rings (SSSR count). The molecule has 0 bridgehead atoms. The second-order valence-electron chi connectivity index (χ2n) is 6.59. The summed E-state index contributed by atoms with van der Waals surface area (Å²) in [4.78, 5) is 14.2. The molecule has 1 aliphatic heterocycles. The quantitative estimate of drug-likeness (QED) is 0.848. The monoisotopic (exact) mass is 303 g/mol. The Morgan fingerprint density at radius 3 is 2.64 bits per heavy atom. The molecule has 1 heterocycles. The zero-order valence-corrected chi connectivity index (χ0v) is 13.8. The van der Waals surface area contributed by atoms with Crippen LogP contribution in [-0.4, -0.2) is 29.4 Å². The molecule has 1 aromatic rings. The second-order valence-corrected chi connectivity index (χ2v) is 6.59. The normalized spacial score (nSPS) is 20.6. The van der Waals surface area contributed by atoms with Crippen LogP contribution in [0.15, 0.2) is 24.3 Å². The molecule has 1 aliphatic rings. The molecule has 4 heteroatoms. The summed E-state index contributed by atoms with van der Waals surface area (Å²) < 4.78 is 0. The van der Waals surface area contributed by atoms with Crippen LogP contribution < -0.4 is 11.1 Å². The van der Waals surface area contributed by atoms with Crippen LogP contribution in [0.5, 0.6) is 0 Å². The average molecular weight is 303 g/mol. The van der Waals surface area contributed by atoms with Crippen LogP contribution in [0.2, 0.25) is 0 Å². The molecule has 3 N–H and O–H groups in total. The van der Waals surface area contributed by atoms with Gasteiger partial charge in [0.2, 0.25) is 5.91 Å². The van der Waals surface area contributed by atoms with Crippen LogP contribution in [0.4, 0.5) is 0 Å². The number of rotatable bonds is 6. The van der Waals surface area contributed by atoms with Gasteiger partial charge >= 0.3 is 0 Å². The lowest BCUT2D eigenvalue weighted by Gasteiger charge is -2.33. The molecule has 1 aromatic carbocycles. The summed E-state index contributed by atoms with van der Waals surface area (Å²) in [6.07, 6.45) is 4.36. The number of nitrogens with two attached hydrogens (primary N) is 1. The molecule has 4 nitrogen and oxygen atoms in total. The van der Waals surface area contributed by atoms with E-state index >= 15 is 0 Å². The number of benzene rings is 1. The van der Waals surface area contributed by atoms with Crippen LogP contribution in [0.1, 0.15) is 50.7 Å². The summed E-state index contributed by atoms with van der Waals surface area (Å²) in [7, 11) is 0. The Hall–Kier alpha value is -1.39. The van der Waals surface area contributed by atoms with Crippen LogP contribution >= 0.6 is 0 Å². The fraction of sp³-hybridized carbons (Fsp3) is 0.611. The minimum absolute atomic E-state index is 0.0150. The molecule has 2 atom stereocenters. The maximum absolute atomic E-state index is 11.6. The fourth-order valence-corrected chi connectivity index (χ4v) is 2.95. The van der Waals surface area contributed by atoms with Gasteiger partial charge in [-0.25, -0.2) is 0 Å². The molecule has 0 aliphatic carbocycles. The lowest BCUT2D eigenvalue weighted by molar-refractivity contribution is -0.121. The topological polar surface area (TPSA) is 58.4 Å². The Balaban J connectivity index is 1.81. The third-order valence-corrected chi connectivity index (χ3v) is 4.35. The van der Waals surface area contributed by atoms with Crippen molar-refractivity contribution < 1.29 is 4.79 Å². The number of carbonyl (C=O) groups is 1. The maximum atomic E-state index is 11.6. The van der Waals surface area contributed by atoms with Crippen molar-refractivity contribution in [3.05, 3.63) is 35.4 Å². The van der Waals surface area contributed by atoms with Crippen molar-refractivity contribution in [2.24, 2.45) is 5.73 Å². The minimum Gasteiger partial charge on any atom is -0.352 e. The molecule has 0 spiro atoms. The number of piperidine rings is 1. The molecule has 22 heavy (non-hydrogen) atoms. The van der Waals surface area contributed by atoms with Gasteiger partial charge in [-0.05, 0) is 44.4 Å². The number of nitrogens with one attached hydrogen (secondary N) is 1. The Morgan fingerprint density at radius 2 is 2.00 bits per heavy atom. The highest BCUT2D eigenvalue weighted by Gasteiger charge is 2.17. The Labute approximate surface area is 134 Å². The van der Waals surface area contributed by atoms with E-state index in [2.05, 4.69) is 41.4 Å². The number of carbonyl (C=O) groups excluding carboxylic acids is 1. The van der Waals surface area contributed by atoms with Crippen LogP contribution in [0.3, 0.4) is 0 Å². The van der Waals surface area contributed by atoms with Crippen molar-refractivity contribution in [2.75, 3.05) is 6.54 Å². The highest BCUT2D eigenvalue weighted by Crippen LogP contribution is 2.19. The molecule has 1 saturated heterocycles. The van der Waals surface area contributed by atoms with Gasteiger partial charge in [-0.2, -0.15) is 0 Å². The van der Waals surface area contributed by atoms with Crippen molar-refractivity contribution in [2.45, 2.75) is 64.7 Å². The van der Waals surface area contributed by atoms with Gasteiger partial charge in [-0.15, -0.1) is 0 Å². The van der Waals surface area contributed by atoms with E-state index in [9.17, 15) is 4.79 Å². The van der Waals surface area contributed by atoms with E-state index in [1.54, 1.807) is 0 Å². The van der Waals surface area contributed by atoms with Gasteiger partial charge in [0.15, 0.2) is 0 Å². The lowest BCUT2D eigenvalue weighted by Crippen LogP contribution is -2.36. The van der Waals surface area contributed by atoms with Gasteiger partial charge in [0.25, 0.3) is 0 Å². The summed E-state index contributed by atoms with van der Waals surface area (Å²) >= 11 is 0. The number of amides is 1. The van der Waals surface area contributed by atoms with Crippen molar-refractivity contribution in [3.8, 4) is 0 Å². The Bertz CT molecular complexity index is 470. The molecule has 1 fully saturated rings. The Kier molecular flexibility index (Phi) is 6.40. The van der Waals surface area contributed by atoms with Crippen molar-refractivity contribution in [1.29, 1.82) is 0 Å². The minimum atomic E-state index is -0.0890. The van der Waals surface area contributed by atoms with Crippen LogP contribution in [0.25, 0.3) is 0 Å². The highest BCUT2D eigenvalue weighted by molar-refractivity contribution is 5.76. The number of likely N-dealkylation sites (tertiary alicyclic amines) is 1. The second kappa shape index (κ2) is 8.30. The average Bonchev–Trinajstić information content (AvgIpc) is 2.48. The van der Waals surface area contributed by atoms with E-state index in [4.69, 9.17) is 5.73 Å². The lowest BCUT2D eigenvalue weighted by atomic mass is 10.0. The van der Waals surface area contributed by atoms with Crippen molar-refractivity contribution >= 4 is 5.91 Å². The molecular weight excluding hydrogens is 274 g/mol. The molecule has 1 amide bonds. The predicted octanol–water partition coefficient (Wildman–Crippen LogP) is 2.41. The maximum Gasteiger partial charge on any atom is 0.221 e. The SMILES string of the molecule is CC(N)CC(=O)NCc1ccc(CN2CCCCC2C)cc1. The molecule has 0 radical (unpaired) electrons. The fourth-order valence-electron chi connectivity index (χ4n) is 2.95. The first kappa shape index (κ1) is 17.0. The number of hydrogen-bond acceptors (Lipinski definition) is 3. The van der Waals surface area contributed by atoms with E-state index in [0.29, 0.717) is 19.0 Å². The molecule has 0 saturated carbocycles. The first-order chi connectivity index (χ1) is 10.5. The summed E-state index contributed by atoms with van der Waals surface area (Å²) in [5.41, 5.74) is 8.10. The summed E-state index contributed by atoms with van der Waals surface area (Å²) in [5, 5.41) is 2.91. The molecular formula is C18H29N3O.